The van der Waals surface area contributed by atoms with Gasteiger partial charge in [-0.15, -0.1) is 0 Å². The Morgan fingerprint density at radius 3 is 2.62 bits per heavy atom. The Labute approximate surface area is 143 Å². The fraction of sp³-hybridized carbons (Fsp3) is 0.176. The van der Waals surface area contributed by atoms with Crippen LogP contribution in [0.5, 0.6) is 5.75 Å². The number of ketones is 1. The van der Waals surface area contributed by atoms with Crippen molar-refractivity contribution in [2.75, 3.05) is 0 Å². The fourth-order valence-electron chi connectivity index (χ4n) is 2.16. The Kier molecular flexibility index (Phi) is 5.51. The number of aliphatic carboxylic acids is 1. The van der Waals surface area contributed by atoms with Crippen molar-refractivity contribution in [1.29, 1.82) is 5.26 Å². The lowest BCUT2D eigenvalue weighted by atomic mass is 10.0. The van der Waals surface area contributed by atoms with E-state index in [1.54, 1.807) is 18.2 Å². The molecule has 0 fully saturated rings. The number of carboxylic acids is 1. The van der Waals surface area contributed by atoms with Crippen molar-refractivity contribution in [2.45, 2.75) is 19.3 Å². The molecule has 0 aliphatic rings. The molecule has 0 saturated carbocycles. The summed E-state index contributed by atoms with van der Waals surface area (Å²) in [6, 6.07) is 10.2. The Balaban J connectivity index is 2.36. The van der Waals surface area contributed by atoms with Gasteiger partial charge in [-0.3, -0.25) is 9.59 Å². The second-order valence-electron chi connectivity index (χ2n) is 5.09. The van der Waals surface area contributed by atoms with Crippen molar-refractivity contribution < 1.29 is 19.8 Å². The Morgan fingerprint density at radius 2 is 2.00 bits per heavy atom. The molecular weight excluding hydrogens is 332 g/mol. The highest BCUT2D eigenvalue weighted by Gasteiger charge is 2.19. The summed E-state index contributed by atoms with van der Waals surface area (Å²) in [5.41, 5.74) is 0.867. The van der Waals surface area contributed by atoms with Crippen molar-refractivity contribution in [1.82, 2.24) is 4.98 Å². The molecule has 24 heavy (non-hydrogen) atoms. The van der Waals surface area contributed by atoms with E-state index in [0.29, 0.717) is 17.1 Å². The first-order valence-corrected chi connectivity index (χ1v) is 7.41. The van der Waals surface area contributed by atoms with E-state index >= 15 is 0 Å². The number of nitriles is 1. The Bertz CT molecular complexity index is 843. The minimum Gasteiger partial charge on any atom is -0.504 e. The molecule has 2 rings (SSSR count). The third kappa shape index (κ3) is 4.31. The molecule has 122 valence electrons. The molecule has 0 aliphatic heterocycles. The minimum atomic E-state index is -1.13. The molecule has 1 aromatic carbocycles. The zero-order valence-corrected chi connectivity index (χ0v) is 13.2. The van der Waals surface area contributed by atoms with Crippen LogP contribution in [-0.4, -0.2) is 26.9 Å². The van der Waals surface area contributed by atoms with Crippen LogP contribution in [0, 0.1) is 11.3 Å². The highest BCUT2D eigenvalue weighted by atomic mass is 35.5. The third-order valence-electron chi connectivity index (χ3n) is 3.27. The van der Waals surface area contributed by atoms with Crippen molar-refractivity contribution in [3.63, 3.8) is 0 Å². The van der Waals surface area contributed by atoms with Crippen molar-refractivity contribution >= 4 is 23.4 Å². The molecule has 0 atom stereocenters. The molecule has 0 unspecified atom stereocenters. The van der Waals surface area contributed by atoms with Crippen molar-refractivity contribution in [3.05, 3.63) is 57.9 Å². The molecule has 7 heteroatoms. The molecule has 0 bridgehead atoms. The number of pyridine rings is 1. The molecule has 0 amide bonds. The second kappa shape index (κ2) is 7.57. The molecular formula is C17H13ClN2O4. The Hall–Kier alpha value is -2.91. The average molecular weight is 345 g/mol. The van der Waals surface area contributed by atoms with Gasteiger partial charge in [0.1, 0.15) is 11.8 Å². The summed E-state index contributed by atoms with van der Waals surface area (Å²) in [6.07, 6.45) is -0.365. The van der Waals surface area contributed by atoms with Gasteiger partial charge in [0.25, 0.3) is 0 Å². The number of nitrogens with zero attached hydrogens (tertiary/aromatic N) is 2. The van der Waals surface area contributed by atoms with Crippen LogP contribution in [0.3, 0.4) is 0 Å². The number of rotatable bonds is 6. The maximum Gasteiger partial charge on any atom is 0.303 e. The number of hydrogen-bond donors (Lipinski definition) is 2. The van der Waals surface area contributed by atoms with Crippen LogP contribution in [0.15, 0.2) is 30.3 Å². The van der Waals surface area contributed by atoms with Crippen molar-refractivity contribution in [2.24, 2.45) is 0 Å². The highest BCUT2D eigenvalue weighted by Crippen LogP contribution is 2.24. The van der Waals surface area contributed by atoms with Crippen LogP contribution < -0.4 is 0 Å². The monoisotopic (exact) mass is 344 g/mol. The number of carboxylic acid groups (broad SMARTS) is 1. The lowest BCUT2D eigenvalue weighted by molar-refractivity contribution is -0.136. The second-order valence-corrected chi connectivity index (χ2v) is 5.53. The van der Waals surface area contributed by atoms with E-state index in [9.17, 15) is 14.7 Å². The Morgan fingerprint density at radius 1 is 1.25 bits per heavy atom. The summed E-state index contributed by atoms with van der Waals surface area (Å²) in [6.45, 7) is 0. The predicted octanol–water partition coefficient (Wildman–Crippen LogP) is 2.95. The first-order chi connectivity index (χ1) is 11.4. The molecule has 1 aromatic heterocycles. The maximum absolute atomic E-state index is 12.1. The van der Waals surface area contributed by atoms with E-state index in [1.807, 2.05) is 12.1 Å². The number of carbonyl (C=O) groups is 2. The van der Waals surface area contributed by atoms with Crippen LogP contribution in [0.4, 0.5) is 0 Å². The third-order valence-corrected chi connectivity index (χ3v) is 3.51. The van der Waals surface area contributed by atoms with Crippen molar-refractivity contribution in [3.8, 4) is 11.8 Å². The average Bonchev–Trinajstić information content (AvgIpc) is 2.54. The van der Waals surface area contributed by atoms with Gasteiger partial charge in [-0.1, -0.05) is 23.7 Å². The molecule has 1 heterocycles. The smallest absolute Gasteiger partial charge is 0.303 e. The van der Waals surface area contributed by atoms with Crippen LogP contribution >= 0.6 is 11.6 Å². The quantitative estimate of drug-likeness (QED) is 0.779. The topological polar surface area (TPSA) is 111 Å². The van der Waals surface area contributed by atoms with Gasteiger partial charge in [-0.05, 0) is 23.8 Å². The summed E-state index contributed by atoms with van der Waals surface area (Å²) >= 11 is 5.92. The van der Waals surface area contributed by atoms with Crippen LogP contribution in [0.2, 0.25) is 5.02 Å². The fourth-order valence-corrected chi connectivity index (χ4v) is 2.37. The number of halogens is 1. The first kappa shape index (κ1) is 17.4. The minimum absolute atomic E-state index is 0.0827. The molecule has 2 N–H and O–H groups in total. The summed E-state index contributed by atoms with van der Waals surface area (Å²) in [5, 5.41) is 28.3. The zero-order chi connectivity index (χ0) is 17.7. The van der Waals surface area contributed by atoms with Gasteiger partial charge in [-0.25, -0.2) is 4.98 Å². The number of carbonyl (C=O) groups excluding carboxylic acids is 1. The lowest BCUT2D eigenvalue weighted by Crippen LogP contribution is -2.09. The summed E-state index contributed by atoms with van der Waals surface area (Å²) in [4.78, 5) is 26.8. The van der Waals surface area contributed by atoms with E-state index in [-0.39, 0.29) is 24.1 Å². The van der Waals surface area contributed by atoms with Gasteiger partial charge in [0.15, 0.2) is 11.5 Å². The number of aromatic nitrogens is 1. The highest BCUT2D eigenvalue weighted by molar-refractivity contribution is 6.30. The normalized spacial score (nSPS) is 10.2. The summed E-state index contributed by atoms with van der Waals surface area (Å²) in [5.74, 6) is -2.28. The van der Waals surface area contributed by atoms with Crippen LogP contribution in [-0.2, 0) is 11.2 Å². The van der Waals surface area contributed by atoms with Crippen LogP contribution in [0.25, 0.3) is 0 Å². The van der Waals surface area contributed by atoms with Gasteiger partial charge < -0.3 is 10.2 Å². The molecule has 0 aliphatic carbocycles. The van der Waals surface area contributed by atoms with Crippen LogP contribution in [0.1, 0.15) is 40.2 Å². The molecule has 6 nitrogen and oxygen atoms in total. The number of Topliss-reactive ketones (excluding diaryl/α,β-unsaturated/α-hetero) is 1. The molecule has 2 aromatic rings. The van der Waals surface area contributed by atoms with Gasteiger partial charge in [0.05, 0.1) is 12.0 Å². The number of benzene rings is 1. The standard InChI is InChI=1S/C17H13ClN2O4/c18-12-3-1-2-10(6-12)7-13-8-11(9-19)17(24)16(20-13)14(21)4-5-15(22)23/h1-3,6,8,24H,4-5,7H2,(H,22,23). The van der Waals surface area contributed by atoms with Gasteiger partial charge in [0.2, 0.25) is 0 Å². The van der Waals surface area contributed by atoms with E-state index < -0.39 is 17.5 Å². The lowest BCUT2D eigenvalue weighted by Gasteiger charge is -2.08. The zero-order valence-electron chi connectivity index (χ0n) is 12.5. The summed E-state index contributed by atoms with van der Waals surface area (Å²) in [7, 11) is 0. The molecule has 0 spiro atoms. The molecule has 0 radical (unpaired) electrons. The molecule has 0 saturated heterocycles. The predicted molar refractivity (Wildman–Crippen MR) is 86.1 cm³/mol. The van der Waals surface area contributed by atoms with Gasteiger partial charge >= 0.3 is 5.97 Å². The van der Waals surface area contributed by atoms with E-state index in [2.05, 4.69) is 4.98 Å². The number of hydrogen-bond acceptors (Lipinski definition) is 5. The number of aromatic hydroxyl groups is 1. The van der Waals surface area contributed by atoms with Gasteiger partial charge in [-0.2, -0.15) is 5.26 Å². The van der Waals surface area contributed by atoms with E-state index in [0.717, 1.165) is 5.56 Å². The SMILES string of the molecule is N#Cc1cc(Cc2cccc(Cl)c2)nc(C(=O)CCC(=O)O)c1O. The van der Waals surface area contributed by atoms with E-state index in [1.165, 1.54) is 6.07 Å². The van der Waals surface area contributed by atoms with Gasteiger partial charge in [0, 0.05) is 23.6 Å². The summed E-state index contributed by atoms with van der Waals surface area (Å²) < 4.78 is 0. The van der Waals surface area contributed by atoms with E-state index in [4.69, 9.17) is 22.0 Å². The maximum atomic E-state index is 12.1. The first-order valence-electron chi connectivity index (χ1n) is 7.03. The largest absolute Gasteiger partial charge is 0.504 e.